The lowest BCUT2D eigenvalue weighted by atomic mass is 9.80. The second-order valence-corrected chi connectivity index (χ2v) is 17.2. The Bertz CT molecular complexity index is 2230. The van der Waals surface area contributed by atoms with E-state index < -0.39 is 116 Å². The van der Waals surface area contributed by atoms with E-state index in [-0.39, 0.29) is 19.4 Å². The summed E-state index contributed by atoms with van der Waals surface area (Å²) in [5.74, 6) is -3.78. The van der Waals surface area contributed by atoms with Gasteiger partial charge in [-0.25, -0.2) is 0 Å². The summed E-state index contributed by atoms with van der Waals surface area (Å²) in [6, 6.07) is 23.5. The summed E-state index contributed by atoms with van der Waals surface area (Å²) in [5.41, 5.74) is 1.18. The molecule has 0 spiro atoms. The highest BCUT2D eigenvalue weighted by molar-refractivity contribution is 5.77. The summed E-state index contributed by atoms with van der Waals surface area (Å²) in [6.45, 7) is 4.20. The molecular formula is C52H66N2O19. The van der Waals surface area contributed by atoms with Crippen LogP contribution in [-0.2, 0) is 81.8 Å². The lowest BCUT2D eigenvalue weighted by molar-refractivity contribution is -0.276. The first-order valence-electron chi connectivity index (χ1n) is 24.0. The van der Waals surface area contributed by atoms with Crippen LogP contribution in [0.5, 0.6) is 11.5 Å². The van der Waals surface area contributed by atoms with Crippen LogP contribution in [0.15, 0.2) is 78.9 Å². The number of carboxylic acid groups (broad SMARTS) is 1. The van der Waals surface area contributed by atoms with Gasteiger partial charge in [-0.15, -0.1) is 0 Å². The molecule has 0 saturated carbocycles. The first kappa shape index (κ1) is 57.3. The van der Waals surface area contributed by atoms with Crippen molar-refractivity contribution in [3.63, 3.8) is 0 Å². The van der Waals surface area contributed by atoms with E-state index in [1.54, 1.807) is 14.2 Å². The van der Waals surface area contributed by atoms with Gasteiger partial charge in [0.1, 0.15) is 54.7 Å². The number of unbranched alkanes of at least 4 members (excludes halogenated alkanes) is 3. The summed E-state index contributed by atoms with van der Waals surface area (Å²) >= 11 is 0. The Morgan fingerprint density at radius 2 is 1.26 bits per heavy atom. The van der Waals surface area contributed by atoms with Crippen LogP contribution in [0.4, 0.5) is 0 Å². The SMILES string of the molecule is COc1ccc(C(OC[C@H]2O[C@@H](OCCCCCCNC(=O)CO[C@@H]3O[C@H](COC(C)=O)[C@H](OC(C)=O)[C@H](OC(C)=O)[C@H]3NC(C)=O)C[C@@H]2OC(=O)CCC(=O)O)(c2ccccc2)c2ccc(OC)cc2)cc1. The minimum absolute atomic E-state index is 0.0635. The fraction of sp³-hybridized carbons (Fsp3) is 0.519. The van der Waals surface area contributed by atoms with Crippen molar-refractivity contribution in [2.75, 3.05) is 47.2 Å². The predicted octanol–water partition coefficient (Wildman–Crippen LogP) is 4.27. The van der Waals surface area contributed by atoms with Crippen LogP contribution in [0.25, 0.3) is 0 Å². The monoisotopic (exact) mass is 1020 g/mol. The number of aliphatic carboxylic acids is 1. The van der Waals surface area contributed by atoms with Crippen molar-refractivity contribution >= 4 is 41.7 Å². The van der Waals surface area contributed by atoms with Crippen LogP contribution in [-0.4, -0.2) is 143 Å². The van der Waals surface area contributed by atoms with Gasteiger partial charge in [-0.1, -0.05) is 67.4 Å². The number of hydrogen-bond acceptors (Lipinski definition) is 18. The molecule has 3 aromatic carbocycles. The Hall–Kier alpha value is -6.65. The van der Waals surface area contributed by atoms with Gasteiger partial charge in [0.2, 0.25) is 11.8 Å². The van der Waals surface area contributed by atoms with Crippen molar-refractivity contribution in [2.45, 2.75) is 127 Å². The maximum absolute atomic E-state index is 12.9. The van der Waals surface area contributed by atoms with E-state index >= 15 is 0 Å². The Labute approximate surface area is 423 Å². The number of amides is 2. The Morgan fingerprint density at radius 1 is 0.658 bits per heavy atom. The van der Waals surface area contributed by atoms with Gasteiger partial charge in [0.25, 0.3) is 0 Å². The van der Waals surface area contributed by atoms with Crippen molar-refractivity contribution in [3.8, 4) is 11.5 Å². The largest absolute Gasteiger partial charge is 0.497 e. The molecule has 2 fully saturated rings. The molecule has 2 aliphatic rings. The lowest BCUT2D eigenvalue weighted by Gasteiger charge is -2.44. The zero-order chi connectivity index (χ0) is 52.9. The quantitative estimate of drug-likeness (QED) is 0.0397. The fourth-order valence-electron chi connectivity index (χ4n) is 8.44. The molecule has 0 unspecified atom stereocenters. The number of hydrogen-bond donors (Lipinski definition) is 3. The van der Waals surface area contributed by atoms with E-state index in [4.69, 9.17) is 52.1 Å². The minimum atomic E-state index is -1.39. The fourth-order valence-corrected chi connectivity index (χ4v) is 8.44. The average Bonchev–Trinajstić information content (AvgIpc) is 3.75. The van der Waals surface area contributed by atoms with E-state index in [0.29, 0.717) is 43.9 Å². The predicted molar refractivity (Wildman–Crippen MR) is 256 cm³/mol. The van der Waals surface area contributed by atoms with Crippen molar-refractivity contribution < 1.29 is 90.8 Å². The van der Waals surface area contributed by atoms with Gasteiger partial charge >= 0.3 is 29.8 Å². The number of carbonyl (C=O) groups is 7. The molecule has 0 bridgehead atoms. The summed E-state index contributed by atoms with van der Waals surface area (Å²) in [4.78, 5) is 85.1. The van der Waals surface area contributed by atoms with E-state index in [2.05, 4.69) is 10.6 Å². The molecular weight excluding hydrogens is 957 g/mol. The molecule has 0 radical (unpaired) electrons. The number of methoxy groups -OCH3 is 2. The molecule has 21 heteroatoms. The summed E-state index contributed by atoms with van der Waals surface area (Å²) in [5, 5.41) is 14.6. The maximum Gasteiger partial charge on any atom is 0.306 e. The van der Waals surface area contributed by atoms with Crippen LogP contribution in [0, 0.1) is 0 Å². The highest BCUT2D eigenvalue weighted by atomic mass is 16.7. The molecule has 21 nitrogen and oxygen atoms in total. The van der Waals surface area contributed by atoms with Gasteiger partial charge in [0.15, 0.2) is 24.8 Å². The number of carbonyl (C=O) groups excluding carboxylic acids is 6. The molecule has 2 amide bonds. The first-order chi connectivity index (χ1) is 35.0. The normalized spacial score (nSPS) is 21.5. The molecule has 73 heavy (non-hydrogen) atoms. The molecule has 0 aliphatic carbocycles. The molecule has 3 N–H and O–H groups in total. The number of rotatable bonds is 28. The standard InChI is InChI=1S/C52H66N2O19/c1-32(55)54-48-50(70-35(4)58)49(69-34(3)57)43(29-66-33(2)56)73-51(48)67-31-44(59)53-26-12-7-8-13-27-65-47-28-41(71-46(62)25-24-45(60)61)42(72-47)30-68-52(36-14-10-9-11-15-36,37-16-20-39(63-5)21-17-37)38-18-22-40(64-6)23-19-38/h9-11,14-23,41-43,47-51H,7-8,12-13,24-31H2,1-6H3,(H,53,59)(H,54,55)(H,60,61)/t41-,42+,43+,47+,48+,49-,50+,51+/m0/s1. The second-order valence-electron chi connectivity index (χ2n) is 17.2. The van der Waals surface area contributed by atoms with Crippen LogP contribution in [0.3, 0.4) is 0 Å². The third-order valence-electron chi connectivity index (χ3n) is 11.8. The summed E-state index contributed by atoms with van der Waals surface area (Å²) < 4.78 is 64.0. The van der Waals surface area contributed by atoms with Crippen LogP contribution in [0.2, 0.25) is 0 Å². The van der Waals surface area contributed by atoms with Crippen LogP contribution in [0.1, 0.15) is 89.3 Å². The van der Waals surface area contributed by atoms with E-state index in [9.17, 15) is 38.7 Å². The molecule has 398 valence electrons. The molecule has 8 atom stereocenters. The van der Waals surface area contributed by atoms with Crippen LogP contribution < -0.4 is 20.1 Å². The smallest absolute Gasteiger partial charge is 0.306 e. The number of nitrogens with one attached hydrogen (secondary N) is 2. The van der Waals surface area contributed by atoms with Crippen molar-refractivity contribution in [3.05, 3.63) is 95.6 Å². The molecule has 2 heterocycles. The van der Waals surface area contributed by atoms with Gasteiger partial charge in [0, 0.05) is 47.3 Å². The Kier molecular flexibility index (Phi) is 22.4. The summed E-state index contributed by atoms with van der Waals surface area (Å²) in [7, 11) is 3.17. The highest BCUT2D eigenvalue weighted by Gasteiger charge is 2.51. The van der Waals surface area contributed by atoms with Gasteiger partial charge in [-0.3, -0.25) is 33.6 Å². The number of benzene rings is 3. The zero-order valence-electron chi connectivity index (χ0n) is 41.9. The lowest BCUT2D eigenvalue weighted by Crippen LogP contribution is -2.66. The van der Waals surface area contributed by atoms with Crippen molar-refractivity contribution in [1.82, 2.24) is 10.6 Å². The topological polar surface area (TPSA) is 265 Å². The zero-order valence-corrected chi connectivity index (χ0v) is 41.9. The highest BCUT2D eigenvalue weighted by Crippen LogP contribution is 2.43. The summed E-state index contributed by atoms with van der Waals surface area (Å²) in [6.07, 6.45) is -5.50. The molecule has 5 rings (SSSR count). The average molecular weight is 1020 g/mol. The van der Waals surface area contributed by atoms with Gasteiger partial charge in [0.05, 0.1) is 33.7 Å². The third-order valence-corrected chi connectivity index (χ3v) is 11.8. The van der Waals surface area contributed by atoms with Gasteiger partial charge in [-0.05, 0) is 53.8 Å². The van der Waals surface area contributed by atoms with Crippen LogP contribution >= 0.6 is 0 Å². The Balaban J connectivity index is 1.16. The molecule has 2 saturated heterocycles. The number of esters is 4. The Morgan fingerprint density at radius 3 is 1.84 bits per heavy atom. The van der Waals surface area contributed by atoms with Gasteiger partial charge < -0.3 is 67.8 Å². The minimum Gasteiger partial charge on any atom is -0.497 e. The maximum atomic E-state index is 12.9. The van der Waals surface area contributed by atoms with Gasteiger partial charge in [-0.2, -0.15) is 0 Å². The second kappa shape index (κ2) is 28.6. The van der Waals surface area contributed by atoms with Crippen molar-refractivity contribution in [2.24, 2.45) is 0 Å². The van der Waals surface area contributed by atoms with E-state index in [1.165, 1.54) is 6.92 Å². The number of carboxylic acids is 1. The van der Waals surface area contributed by atoms with E-state index in [0.717, 1.165) is 43.9 Å². The molecule has 2 aliphatic heterocycles. The number of ether oxygens (including phenoxy) is 11. The third kappa shape index (κ3) is 17.2. The van der Waals surface area contributed by atoms with E-state index in [1.807, 2.05) is 78.9 Å². The first-order valence-corrected chi connectivity index (χ1v) is 24.0. The molecule has 0 aromatic heterocycles. The molecule has 3 aromatic rings. The van der Waals surface area contributed by atoms with Crippen molar-refractivity contribution in [1.29, 1.82) is 0 Å².